The van der Waals surface area contributed by atoms with E-state index in [9.17, 15) is 4.79 Å². The monoisotopic (exact) mass is 239 g/mol. The normalized spacial score (nSPS) is 33.6. The first-order chi connectivity index (χ1) is 8.01. The molecule has 1 fully saturated rings. The molecule has 0 aromatic rings. The van der Waals surface area contributed by atoms with Crippen LogP contribution in [0.4, 0.5) is 4.79 Å². The summed E-state index contributed by atoms with van der Waals surface area (Å²) in [4.78, 5) is 17.7. The fraction of sp³-hybridized carbons (Fsp3) is 0.833. The van der Waals surface area contributed by atoms with Gasteiger partial charge in [-0.1, -0.05) is 6.92 Å². The SMILES string of the molecule is CCC1CC2(CCO1)C(N)=NC(=O)N2C(C)C. The first-order valence-corrected chi connectivity index (χ1v) is 6.31. The maximum Gasteiger partial charge on any atom is 0.346 e. The highest BCUT2D eigenvalue weighted by Gasteiger charge is 2.51. The number of carbonyl (C=O) groups is 1. The number of nitrogens with two attached hydrogens (primary N) is 1. The number of urea groups is 1. The molecule has 2 atom stereocenters. The van der Waals surface area contributed by atoms with Gasteiger partial charge < -0.3 is 15.4 Å². The van der Waals surface area contributed by atoms with Crippen LogP contribution in [0.5, 0.6) is 0 Å². The second kappa shape index (κ2) is 4.29. The average molecular weight is 239 g/mol. The third-order valence-corrected chi connectivity index (χ3v) is 3.77. The zero-order valence-corrected chi connectivity index (χ0v) is 10.8. The number of aliphatic imine (C=N–C) groups is 1. The molecule has 2 amide bonds. The molecule has 1 saturated heterocycles. The summed E-state index contributed by atoms with van der Waals surface area (Å²) in [6, 6.07) is -0.0860. The van der Waals surface area contributed by atoms with Crippen molar-refractivity contribution in [1.82, 2.24) is 4.90 Å². The van der Waals surface area contributed by atoms with Crippen molar-refractivity contribution >= 4 is 11.9 Å². The molecule has 0 radical (unpaired) electrons. The van der Waals surface area contributed by atoms with Crippen LogP contribution in [0.3, 0.4) is 0 Å². The highest BCUT2D eigenvalue weighted by molar-refractivity contribution is 6.06. The van der Waals surface area contributed by atoms with Crippen LogP contribution in [0, 0.1) is 0 Å². The molecule has 96 valence electrons. The van der Waals surface area contributed by atoms with Crippen LogP contribution < -0.4 is 5.73 Å². The lowest BCUT2D eigenvalue weighted by Crippen LogP contribution is -2.60. The molecule has 1 spiro atoms. The van der Waals surface area contributed by atoms with Crippen molar-refractivity contribution < 1.29 is 9.53 Å². The summed E-state index contributed by atoms with van der Waals surface area (Å²) in [6.45, 7) is 6.74. The Morgan fingerprint density at radius 2 is 2.35 bits per heavy atom. The molecule has 2 heterocycles. The molecule has 0 aromatic heterocycles. The van der Waals surface area contributed by atoms with Crippen LogP contribution in [-0.2, 0) is 4.74 Å². The second-order valence-electron chi connectivity index (χ2n) is 5.13. The van der Waals surface area contributed by atoms with Crippen LogP contribution in [0.1, 0.15) is 40.0 Å². The molecule has 2 N–H and O–H groups in total. The maximum absolute atomic E-state index is 11.9. The topological polar surface area (TPSA) is 67.9 Å². The van der Waals surface area contributed by atoms with Gasteiger partial charge >= 0.3 is 6.03 Å². The minimum atomic E-state index is -0.399. The average Bonchev–Trinajstić information content (AvgIpc) is 2.50. The van der Waals surface area contributed by atoms with Crippen molar-refractivity contribution in [2.45, 2.75) is 57.7 Å². The Morgan fingerprint density at radius 3 is 2.94 bits per heavy atom. The number of nitrogens with zero attached hydrogens (tertiary/aromatic N) is 2. The molecule has 5 nitrogen and oxygen atoms in total. The third-order valence-electron chi connectivity index (χ3n) is 3.77. The van der Waals surface area contributed by atoms with Gasteiger partial charge in [0.2, 0.25) is 0 Å². The van der Waals surface area contributed by atoms with Crippen LogP contribution >= 0.6 is 0 Å². The molecule has 2 rings (SSSR count). The third kappa shape index (κ3) is 1.82. The summed E-state index contributed by atoms with van der Waals surface area (Å²) in [5.41, 5.74) is 5.61. The van der Waals surface area contributed by atoms with Crippen molar-refractivity contribution in [3.63, 3.8) is 0 Å². The van der Waals surface area contributed by atoms with E-state index in [2.05, 4.69) is 11.9 Å². The zero-order chi connectivity index (χ0) is 12.6. The fourth-order valence-electron chi connectivity index (χ4n) is 2.93. The smallest absolute Gasteiger partial charge is 0.346 e. The van der Waals surface area contributed by atoms with Crippen LogP contribution in [0.2, 0.25) is 0 Å². The van der Waals surface area contributed by atoms with Crippen LogP contribution in [-0.4, -0.2) is 41.1 Å². The van der Waals surface area contributed by atoms with Gasteiger partial charge in [-0.2, -0.15) is 4.99 Å². The number of amidine groups is 1. The molecule has 2 unspecified atom stereocenters. The van der Waals surface area contributed by atoms with Crippen molar-refractivity contribution in [2.75, 3.05) is 6.61 Å². The fourth-order valence-corrected chi connectivity index (χ4v) is 2.93. The lowest BCUT2D eigenvalue weighted by atomic mass is 9.83. The number of carbonyl (C=O) groups excluding carboxylic acids is 1. The van der Waals surface area contributed by atoms with Gasteiger partial charge in [-0.25, -0.2) is 4.79 Å². The Balaban J connectivity index is 2.32. The van der Waals surface area contributed by atoms with Gasteiger partial charge in [0.1, 0.15) is 11.4 Å². The van der Waals surface area contributed by atoms with Gasteiger partial charge in [0.25, 0.3) is 0 Å². The van der Waals surface area contributed by atoms with E-state index >= 15 is 0 Å². The molecular weight excluding hydrogens is 218 g/mol. The first kappa shape index (κ1) is 12.4. The first-order valence-electron chi connectivity index (χ1n) is 6.31. The lowest BCUT2D eigenvalue weighted by molar-refractivity contribution is -0.0397. The number of ether oxygens (including phenoxy) is 1. The highest BCUT2D eigenvalue weighted by atomic mass is 16.5. The van der Waals surface area contributed by atoms with E-state index in [0.717, 1.165) is 19.3 Å². The Kier molecular flexibility index (Phi) is 3.12. The quantitative estimate of drug-likeness (QED) is 0.794. The molecule has 2 aliphatic rings. The van der Waals surface area contributed by atoms with Gasteiger partial charge in [-0.05, 0) is 20.3 Å². The minimum absolute atomic E-state index is 0.114. The van der Waals surface area contributed by atoms with E-state index in [1.54, 1.807) is 0 Å². The predicted molar refractivity (Wildman–Crippen MR) is 66.0 cm³/mol. The molecule has 2 aliphatic heterocycles. The Hall–Kier alpha value is -1.10. The van der Waals surface area contributed by atoms with E-state index in [-0.39, 0.29) is 18.2 Å². The zero-order valence-electron chi connectivity index (χ0n) is 10.8. The highest BCUT2D eigenvalue weighted by Crippen LogP contribution is 2.37. The lowest BCUT2D eigenvalue weighted by Gasteiger charge is -2.45. The van der Waals surface area contributed by atoms with Gasteiger partial charge in [-0.15, -0.1) is 0 Å². The number of hydrogen-bond acceptors (Lipinski definition) is 3. The summed E-state index contributed by atoms with van der Waals surface area (Å²) >= 11 is 0. The number of amides is 2. The van der Waals surface area contributed by atoms with Gasteiger partial charge in [-0.3, -0.25) is 0 Å². The van der Waals surface area contributed by atoms with E-state index in [1.807, 2.05) is 18.7 Å². The molecule has 0 bridgehead atoms. The summed E-state index contributed by atoms with van der Waals surface area (Å²) < 4.78 is 5.68. The Morgan fingerprint density at radius 1 is 1.65 bits per heavy atom. The molecule has 17 heavy (non-hydrogen) atoms. The van der Waals surface area contributed by atoms with Gasteiger partial charge in [0, 0.05) is 25.5 Å². The predicted octanol–water partition coefficient (Wildman–Crippen LogP) is 1.52. The van der Waals surface area contributed by atoms with E-state index < -0.39 is 5.54 Å². The summed E-state index contributed by atoms with van der Waals surface area (Å²) in [7, 11) is 0. The summed E-state index contributed by atoms with van der Waals surface area (Å²) in [5, 5.41) is 0. The summed E-state index contributed by atoms with van der Waals surface area (Å²) in [5.74, 6) is 0.470. The van der Waals surface area contributed by atoms with Crippen LogP contribution in [0.25, 0.3) is 0 Å². The van der Waals surface area contributed by atoms with Gasteiger partial charge in [0.15, 0.2) is 0 Å². The molecule has 0 aromatic carbocycles. The van der Waals surface area contributed by atoms with E-state index in [0.29, 0.717) is 12.4 Å². The largest absolute Gasteiger partial charge is 0.385 e. The number of rotatable bonds is 2. The summed E-state index contributed by atoms with van der Waals surface area (Å²) in [6.07, 6.45) is 2.63. The van der Waals surface area contributed by atoms with E-state index in [1.165, 1.54) is 0 Å². The van der Waals surface area contributed by atoms with Crippen molar-refractivity contribution in [3.8, 4) is 0 Å². The van der Waals surface area contributed by atoms with E-state index in [4.69, 9.17) is 10.5 Å². The van der Waals surface area contributed by atoms with Crippen molar-refractivity contribution in [3.05, 3.63) is 0 Å². The minimum Gasteiger partial charge on any atom is -0.385 e. The number of hydrogen-bond donors (Lipinski definition) is 1. The van der Waals surface area contributed by atoms with Gasteiger partial charge in [0.05, 0.1) is 6.10 Å². The molecule has 0 aliphatic carbocycles. The molecule has 5 heteroatoms. The molecular formula is C12H21N3O2. The van der Waals surface area contributed by atoms with Crippen molar-refractivity contribution in [2.24, 2.45) is 10.7 Å². The second-order valence-corrected chi connectivity index (χ2v) is 5.13. The maximum atomic E-state index is 11.9. The Labute approximate surface area is 102 Å². The molecule has 0 saturated carbocycles. The van der Waals surface area contributed by atoms with Crippen LogP contribution in [0.15, 0.2) is 4.99 Å². The Bertz CT molecular complexity index is 354. The standard InChI is InChI=1S/C12H21N3O2/c1-4-9-7-12(5-6-17-9)10(13)14-11(16)15(12)8(2)3/h8-9H,4-7H2,1-3H3,(H2,13,14,16). The van der Waals surface area contributed by atoms with Crippen molar-refractivity contribution in [1.29, 1.82) is 0 Å².